The molecule has 1 amide bonds. The number of carbonyl (C=O) groups excluding carboxylic acids is 1. The zero-order chi connectivity index (χ0) is 21.8. The predicted molar refractivity (Wildman–Crippen MR) is 119 cm³/mol. The molecule has 1 aliphatic heterocycles. The lowest BCUT2D eigenvalue weighted by molar-refractivity contribution is 0.0486. The zero-order valence-corrected chi connectivity index (χ0v) is 17.9. The van der Waals surface area contributed by atoms with Crippen LogP contribution >= 0.6 is 0 Å². The van der Waals surface area contributed by atoms with Gasteiger partial charge in [0.1, 0.15) is 5.75 Å². The van der Waals surface area contributed by atoms with Crippen LogP contribution in [0.25, 0.3) is 10.8 Å². The quantitative estimate of drug-likeness (QED) is 0.662. The number of carbonyl (C=O) groups is 1. The highest BCUT2D eigenvalue weighted by molar-refractivity contribution is 6.04. The van der Waals surface area contributed by atoms with E-state index in [0.29, 0.717) is 37.1 Å². The molecule has 1 fully saturated rings. The van der Waals surface area contributed by atoms with Crippen molar-refractivity contribution in [2.24, 2.45) is 7.05 Å². The van der Waals surface area contributed by atoms with Crippen molar-refractivity contribution in [3.8, 4) is 5.75 Å². The first-order chi connectivity index (χ1) is 15.0. The van der Waals surface area contributed by atoms with Gasteiger partial charge in [-0.2, -0.15) is 5.10 Å². The Morgan fingerprint density at radius 3 is 2.48 bits per heavy atom. The molecule has 0 radical (unpaired) electrons. The number of amides is 1. The van der Waals surface area contributed by atoms with Crippen LogP contribution in [0.3, 0.4) is 0 Å². The molecule has 3 aromatic rings. The van der Waals surface area contributed by atoms with E-state index < -0.39 is 0 Å². The molecule has 7 heteroatoms. The lowest BCUT2D eigenvalue weighted by Crippen LogP contribution is -2.45. The first-order valence-electron chi connectivity index (χ1n) is 10.6. The maximum absolute atomic E-state index is 13.1. The van der Waals surface area contributed by atoms with Gasteiger partial charge in [-0.3, -0.25) is 9.59 Å². The van der Waals surface area contributed by atoms with Crippen molar-refractivity contribution < 1.29 is 14.3 Å². The molecule has 0 unspecified atom stereocenters. The number of hydrogen-bond acceptors (Lipinski definition) is 5. The maximum atomic E-state index is 13.1. The van der Waals surface area contributed by atoms with Crippen molar-refractivity contribution >= 4 is 16.7 Å². The van der Waals surface area contributed by atoms with Crippen LogP contribution in [0.4, 0.5) is 0 Å². The Morgan fingerprint density at radius 2 is 1.81 bits per heavy atom. The van der Waals surface area contributed by atoms with Crippen LogP contribution in [0, 0.1) is 0 Å². The van der Waals surface area contributed by atoms with Crippen LogP contribution in [0.1, 0.15) is 35.8 Å². The Bertz CT molecular complexity index is 1130. The molecular formula is C24H27N3O4. The van der Waals surface area contributed by atoms with E-state index in [1.54, 1.807) is 31.3 Å². The number of fused-ring (bicyclic) bond motifs is 1. The molecule has 1 N–H and O–H groups in total. The molecule has 7 nitrogen and oxygen atoms in total. The van der Waals surface area contributed by atoms with Crippen molar-refractivity contribution in [2.75, 3.05) is 26.4 Å². The summed E-state index contributed by atoms with van der Waals surface area (Å²) in [5, 5.41) is 8.37. The molecule has 0 atom stereocenters. The lowest BCUT2D eigenvalue weighted by Gasteiger charge is -2.38. The normalized spacial score (nSPS) is 15.5. The second kappa shape index (κ2) is 8.89. The molecule has 2 heterocycles. The van der Waals surface area contributed by atoms with Crippen molar-refractivity contribution in [1.82, 2.24) is 15.1 Å². The Labute approximate surface area is 181 Å². The van der Waals surface area contributed by atoms with Gasteiger partial charge < -0.3 is 14.8 Å². The minimum Gasteiger partial charge on any atom is -0.494 e. The van der Waals surface area contributed by atoms with Gasteiger partial charge in [0.15, 0.2) is 5.69 Å². The van der Waals surface area contributed by atoms with Gasteiger partial charge in [-0.15, -0.1) is 0 Å². The topological polar surface area (TPSA) is 82.5 Å². The highest BCUT2D eigenvalue weighted by atomic mass is 16.5. The minimum atomic E-state index is -0.288. The Balaban J connectivity index is 1.61. The van der Waals surface area contributed by atoms with Crippen LogP contribution in [0.5, 0.6) is 5.75 Å². The molecule has 0 aliphatic carbocycles. The van der Waals surface area contributed by atoms with Crippen molar-refractivity contribution in [2.45, 2.75) is 25.2 Å². The molecule has 0 bridgehead atoms. The SMILES string of the molecule is CCOc1ccc(C2(CNC(=O)c3nn(C)c(=O)c4ccccc34)CCOCC2)cc1. The summed E-state index contributed by atoms with van der Waals surface area (Å²) in [6.07, 6.45) is 1.62. The molecule has 162 valence electrons. The molecule has 1 saturated heterocycles. The summed E-state index contributed by atoms with van der Waals surface area (Å²) in [5.41, 5.74) is 0.960. The Kier molecular flexibility index (Phi) is 6.04. The Hall–Kier alpha value is -3.19. The summed E-state index contributed by atoms with van der Waals surface area (Å²) in [4.78, 5) is 25.5. The summed E-state index contributed by atoms with van der Waals surface area (Å²) < 4.78 is 12.4. The van der Waals surface area contributed by atoms with E-state index in [1.165, 1.54) is 4.68 Å². The van der Waals surface area contributed by atoms with Crippen molar-refractivity contribution in [3.05, 3.63) is 70.1 Å². The van der Waals surface area contributed by atoms with E-state index >= 15 is 0 Å². The van der Waals surface area contributed by atoms with Gasteiger partial charge in [0.05, 0.1) is 12.0 Å². The van der Waals surface area contributed by atoms with Crippen LogP contribution in [-0.4, -0.2) is 42.1 Å². The van der Waals surface area contributed by atoms with E-state index in [4.69, 9.17) is 9.47 Å². The molecule has 1 aliphatic rings. The molecular weight excluding hydrogens is 394 g/mol. The number of ether oxygens (including phenoxy) is 2. The second-order valence-electron chi connectivity index (χ2n) is 7.86. The predicted octanol–water partition coefficient (Wildman–Crippen LogP) is 2.81. The van der Waals surface area contributed by atoms with Gasteiger partial charge in [-0.05, 0) is 43.5 Å². The number of benzene rings is 2. The van der Waals surface area contributed by atoms with Gasteiger partial charge >= 0.3 is 0 Å². The van der Waals surface area contributed by atoms with E-state index in [1.807, 2.05) is 19.1 Å². The molecule has 0 spiro atoms. The maximum Gasteiger partial charge on any atom is 0.274 e. The Morgan fingerprint density at radius 1 is 1.13 bits per heavy atom. The van der Waals surface area contributed by atoms with Crippen molar-refractivity contribution in [1.29, 1.82) is 0 Å². The van der Waals surface area contributed by atoms with Gasteiger partial charge in [0.25, 0.3) is 11.5 Å². The molecule has 4 rings (SSSR count). The van der Waals surface area contributed by atoms with E-state index in [9.17, 15) is 9.59 Å². The first kappa shape index (κ1) is 21.1. The fourth-order valence-electron chi connectivity index (χ4n) is 4.20. The lowest BCUT2D eigenvalue weighted by atomic mass is 9.74. The third-order valence-electron chi connectivity index (χ3n) is 5.99. The van der Waals surface area contributed by atoms with Gasteiger partial charge in [-0.25, -0.2) is 4.68 Å². The summed E-state index contributed by atoms with van der Waals surface area (Å²) in [6.45, 7) is 4.33. The fourth-order valence-corrected chi connectivity index (χ4v) is 4.20. The van der Waals surface area contributed by atoms with E-state index in [2.05, 4.69) is 22.5 Å². The van der Waals surface area contributed by atoms with E-state index in [-0.39, 0.29) is 22.6 Å². The van der Waals surface area contributed by atoms with Gasteiger partial charge in [-0.1, -0.05) is 30.3 Å². The molecule has 2 aromatic carbocycles. The van der Waals surface area contributed by atoms with E-state index in [0.717, 1.165) is 24.2 Å². The van der Waals surface area contributed by atoms with Crippen molar-refractivity contribution in [3.63, 3.8) is 0 Å². The third kappa shape index (κ3) is 4.18. The average Bonchev–Trinajstić information content (AvgIpc) is 2.81. The molecule has 1 aromatic heterocycles. The third-order valence-corrected chi connectivity index (χ3v) is 5.99. The minimum absolute atomic E-state index is 0.220. The number of aryl methyl sites for hydroxylation is 1. The van der Waals surface area contributed by atoms with Crippen LogP contribution in [0.15, 0.2) is 53.3 Å². The number of aromatic nitrogens is 2. The average molecular weight is 421 g/mol. The highest BCUT2D eigenvalue weighted by Crippen LogP contribution is 2.35. The molecule has 31 heavy (non-hydrogen) atoms. The van der Waals surface area contributed by atoms with Crippen LogP contribution in [-0.2, 0) is 17.2 Å². The number of hydrogen-bond donors (Lipinski definition) is 1. The monoisotopic (exact) mass is 421 g/mol. The number of nitrogens with one attached hydrogen (secondary N) is 1. The van der Waals surface area contributed by atoms with Crippen LogP contribution in [0.2, 0.25) is 0 Å². The fraction of sp³-hybridized carbons (Fsp3) is 0.375. The van der Waals surface area contributed by atoms with Gasteiger partial charge in [0, 0.05) is 37.6 Å². The largest absolute Gasteiger partial charge is 0.494 e. The summed E-state index contributed by atoms with van der Waals surface area (Å²) in [7, 11) is 1.56. The van der Waals surface area contributed by atoms with Crippen LogP contribution < -0.4 is 15.6 Å². The smallest absolute Gasteiger partial charge is 0.274 e. The number of rotatable bonds is 6. The first-order valence-corrected chi connectivity index (χ1v) is 10.6. The highest BCUT2D eigenvalue weighted by Gasteiger charge is 2.35. The molecule has 0 saturated carbocycles. The number of nitrogens with zero attached hydrogens (tertiary/aromatic N) is 2. The standard InChI is InChI=1S/C24H27N3O4/c1-3-31-18-10-8-17(9-11-18)24(12-14-30-15-13-24)16-25-22(28)21-19-6-4-5-7-20(19)23(29)27(2)26-21/h4-11H,3,12-16H2,1-2H3,(H,25,28). The second-order valence-corrected chi connectivity index (χ2v) is 7.86. The summed E-state index contributed by atoms with van der Waals surface area (Å²) in [6, 6.07) is 15.2. The van der Waals surface area contributed by atoms with Gasteiger partial charge in [0.2, 0.25) is 0 Å². The summed E-state index contributed by atoms with van der Waals surface area (Å²) >= 11 is 0. The summed E-state index contributed by atoms with van der Waals surface area (Å²) in [5.74, 6) is 0.543. The zero-order valence-electron chi connectivity index (χ0n) is 17.9.